The number of halogens is 1. The van der Waals surface area contributed by atoms with Crippen LogP contribution in [0.2, 0.25) is 0 Å². The zero-order chi connectivity index (χ0) is 16.6. The van der Waals surface area contributed by atoms with Crippen molar-refractivity contribution in [1.82, 2.24) is 5.32 Å². The quantitative estimate of drug-likeness (QED) is 0.298. The predicted molar refractivity (Wildman–Crippen MR) is 107 cm³/mol. The minimum absolute atomic E-state index is 0. The summed E-state index contributed by atoms with van der Waals surface area (Å²) in [5.41, 5.74) is 6.99. The molecule has 6 heteroatoms. The molecule has 0 saturated carbocycles. The fourth-order valence-electron chi connectivity index (χ4n) is 2.05. The summed E-state index contributed by atoms with van der Waals surface area (Å²) in [5, 5.41) is 3.15. The van der Waals surface area contributed by atoms with Crippen molar-refractivity contribution in [2.75, 3.05) is 20.3 Å². The molecule has 0 amide bonds. The summed E-state index contributed by atoms with van der Waals surface area (Å²) >= 11 is 0. The zero-order valence-corrected chi connectivity index (χ0v) is 17.1. The molecule has 0 saturated heterocycles. The van der Waals surface area contributed by atoms with Gasteiger partial charge in [-0.2, -0.15) is 0 Å². The van der Waals surface area contributed by atoms with E-state index in [-0.39, 0.29) is 29.5 Å². The number of aliphatic imine (C=N–C) groups is 1. The van der Waals surface area contributed by atoms with Gasteiger partial charge in [0.1, 0.15) is 0 Å². The topological polar surface area (TPSA) is 68.9 Å². The SMILES string of the molecule is CCOc1cc(CCCN=C(N)NC(C)(C)C)ccc1OC.I. The van der Waals surface area contributed by atoms with Crippen molar-refractivity contribution in [1.29, 1.82) is 0 Å². The molecule has 0 heterocycles. The Morgan fingerprint density at radius 1 is 1.26 bits per heavy atom. The van der Waals surface area contributed by atoms with E-state index in [9.17, 15) is 0 Å². The first-order chi connectivity index (χ1) is 10.4. The molecule has 0 aliphatic heterocycles. The summed E-state index contributed by atoms with van der Waals surface area (Å²) in [6.07, 6.45) is 1.86. The van der Waals surface area contributed by atoms with E-state index < -0.39 is 0 Å². The van der Waals surface area contributed by atoms with Gasteiger partial charge in [0.15, 0.2) is 17.5 Å². The third kappa shape index (κ3) is 8.88. The normalized spacial score (nSPS) is 11.6. The number of nitrogens with zero attached hydrogens (tertiary/aromatic N) is 1. The average molecular weight is 435 g/mol. The highest BCUT2D eigenvalue weighted by Gasteiger charge is 2.09. The molecule has 0 aliphatic rings. The molecule has 1 aromatic carbocycles. The zero-order valence-electron chi connectivity index (χ0n) is 14.8. The predicted octanol–water partition coefficient (Wildman–Crippen LogP) is 3.35. The molecule has 5 nitrogen and oxygen atoms in total. The van der Waals surface area contributed by atoms with Crippen LogP contribution in [-0.2, 0) is 6.42 Å². The number of guanidine groups is 1. The lowest BCUT2D eigenvalue weighted by Gasteiger charge is -2.20. The third-order valence-corrected chi connectivity index (χ3v) is 2.94. The van der Waals surface area contributed by atoms with Crippen molar-refractivity contribution < 1.29 is 9.47 Å². The van der Waals surface area contributed by atoms with E-state index >= 15 is 0 Å². The van der Waals surface area contributed by atoms with E-state index in [0.29, 0.717) is 19.1 Å². The Bertz CT molecular complexity index is 499. The van der Waals surface area contributed by atoms with Crippen LogP contribution >= 0.6 is 24.0 Å². The largest absolute Gasteiger partial charge is 0.493 e. The van der Waals surface area contributed by atoms with E-state index in [2.05, 4.69) is 37.1 Å². The van der Waals surface area contributed by atoms with Crippen molar-refractivity contribution in [2.45, 2.75) is 46.1 Å². The number of aryl methyl sites for hydroxylation is 1. The Kier molecular flexibility index (Phi) is 10.0. The number of ether oxygens (including phenoxy) is 2. The summed E-state index contributed by atoms with van der Waals surface area (Å²) in [6.45, 7) is 9.46. The Balaban J connectivity index is 0.00000484. The number of hydrogen-bond acceptors (Lipinski definition) is 3. The Hall–Kier alpha value is -1.18. The number of nitrogens with two attached hydrogens (primary N) is 1. The van der Waals surface area contributed by atoms with Gasteiger partial charge in [0.25, 0.3) is 0 Å². The molecule has 0 bridgehead atoms. The van der Waals surface area contributed by atoms with Crippen molar-refractivity contribution in [2.24, 2.45) is 10.7 Å². The van der Waals surface area contributed by atoms with Gasteiger partial charge in [-0.15, -0.1) is 24.0 Å². The van der Waals surface area contributed by atoms with E-state index in [0.717, 1.165) is 24.3 Å². The van der Waals surface area contributed by atoms with Gasteiger partial charge >= 0.3 is 0 Å². The molecular formula is C17H30IN3O2. The van der Waals surface area contributed by atoms with E-state index in [1.165, 1.54) is 5.56 Å². The van der Waals surface area contributed by atoms with E-state index in [1.54, 1.807) is 7.11 Å². The first-order valence-corrected chi connectivity index (χ1v) is 7.73. The smallest absolute Gasteiger partial charge is 0.188 e. The molecule has 0 atom stereocenters. The molecule has 3 N–H and O–H groups in total. The van der Waals surface area contributed by atoms with Crippen LogP contribution in [0, 0.1) is 0 Å². The Labute approximate surface area is 157 Å². The lowest BCUT2D eigenvalue weighted by Crippen LogP contribution is -2.45. The Morgan fingerprint density at radius 2 is 1.96 bits per heavy atom. The van der Waals surface area contributed by atoms with Crippen LogP contribution in [0.4, 0.5) is 0 Å². The summed E-state index contributed by atoms with van der Waals surface area (Å²) in [4.78, 5) is 4.34. The second kappa shape index (κ2) is 10.6. The maximum atomic E-state index is 5.84. The number of rotatable bonds is 7. The fourth-order valence-corrected chi connectivity index (χ4v) is 2.05. The van der Waals surface area contributed by atoms with Gasteiger partial charge in [0.05, 0.1) is 13.7 Å². The van der Waals surface area contributed by atoms with Gasteiger partial charge in [-0.05, 0) is 58.2 Å². The average Bonchev–Trinajstić information content (AvgIpc) is 2.42. The summed E-state index contributed by atoms with van der Waals surface area (Å²) < 4.78 is 10.9. The molecule has 0 unspecified atom stereocenters. The van der Waals surface area contributed by atoms with Crippen LogP contribution in [-0.4, -0.2) is 31.8 Å². The molecule has 1 aromatic rings. The van der Waals surface area contributed by atoms with Gasteiger partial charge in [-0.25, -0.2) is 0 Å². The Morgan fingerprint density at radius 3 is 2.52 bits per heavy atom. The van der Waals surface area contributed by atoms with Gasteiger partial charge in [0, 0.05) is 12.1 Å². The van der Waals surface area contributed by atoms with Crippen molar-refractivity contribution in [3.63, 3.8) is 0 Å². The monoisotopic (exact) mass is 435 g/mol. The van der Waals surface area contributed by atoms with Gasteiger partial charge in [0.2, 0.25) is 0 Å². The maximum absolute atomic E-state index is 5.84. The lowest BCUT2D eigenvalue weighted by atomic mass is 10.1. The summed E-state index contributed by atoms with van der Waals surface area (Å²) in [5.74, 6) is 2.05. The first-order valence-electron chi connectivity index (χ1n) is 7.73. The minimum Gasteiger partial charge on any atom is -0.493 e. The standard InChI is InChI=1S/C17H29N3O2.HI/c1-6-22-15-12-13(9-10-14(15)21-5)8-7-11-19-16(18)20-17(2,3)4;/h9-10,12H,6-8,11H2,1-5H3,(H3,18,19,20);1H. The van der Waals surface area contributed by atoms with Crippen LogP contribution in [0.1, 0.15) is 39.7 Å². The summed E-state index contributed by atoms with van der Waals surface area (Å²) in [6, 6.07) is 6.03. The summed E-state index contributed by atoms with van der Waals surface area (Å²) in [7, 11) is 1.65. The van der Waals surface area contributed by atoms with Crippen LogP contribution in [0.5, 0.6) is 11.5 Å². The number of nitrogens with one attached hydrogen (secondary N) is 1. The van der Waals surface area contributed by atoms with Crippen molar-refractivity contribution in [3.8, 4) is 11.5 Å². The molecule has 132 valence electrons. The van der Waals surface area contributed by atoms with Gasteiger partial charge in [-0.1, -0.05) is 6.07 Å². The van der Waals surface area contributed by atoms with Crippen LogP contribution in [0.3, 0.4) is 0 Å². The highest BCUT2D eigenvalue weighted by atomic mass is 127. The third-order valence-electron chi connectivity index (χ3n) is 2.94. The molecule has 0 aliphatic carbocycles. The van der Waals surface area contributed by atoms with Gasteiger partial charge < -0.3 is 20.5 Å². The van der Waals surface area contributed by atoms with Crippen LogP contribution < -0.4 is 20.5 Å². The van der Waals surface area contributed by atoms with E-state index in [4.69, 9.17) is 15.2 Å². The molecular weight excluding hydrogens is 405 g/mol. The molecule has 0 radical (unpaired) electrons. The number of benzene rings is 1. The van der Waals surface area contributed by atoms with Crippen molar-refractivity contribution in [3.05, 3.63) is 23.8 Å². The number of hydrogen-bond donors (Lipinski definition) is 2. The van der Waals surface area contributed by atoms with E-state index in [1.807, 2.05) is 19.1 Å². The first kappa shape index (κ1) is 21.8. The van der Waals surface area contributed by atoms with Crippen LogP contribution in [0.15, 0.2) is 23.2 Å². The highest BCUT2D eigenvalue weighted by molar-refractivity contribution is 14.0. The molecule has 1 rings (SSSR count). The second-order valence-corrected chi connectivity index (χ2v) is 6.16. The molecule has 23 heavy (non-hydrogen) atoms. The van der Waals surface area contributed by atoms with Crippen LogP contribution in [0.25, 0.3) is 0 Å². The minimum atomic E-state index is -0.0596. The molecule has 0 fully saturated rings. The maximum Gasteiger partial charge on any atom is 0.188 e. The second-order valence-electron chi connectivity index (χ2n) is 6.16. The van der Waals surface area contributed by atoms with Crippen molar-refractivity contribution >= 4 is 29.9 Å². The molecule has 0 spiro atoms. The highest BCUT2D eigenvalue weighted by Crippen LogP contribution is 2.28. The number of methoxy groups -OCH3 is 1. The molecule has 0 aromatic heterocycles. The lowest BCUT2D eigenvalue weighted by molar-refractivity contribution is 0.310. The van der Waals surface area contributed by atoms with Gasteiger partial charge in [-0.3, -0.25) is 4.99 Å². The fraction of sp³-hybridized carbons (Fsp3) is 0.588.